The molecule has 0 N–H and O–H groups in total. The Balaban J connectivity index is 2.06. The molecule has 3 atom stereocenters. The van der Waals surface area contributed by atoms with E-state index in [0.717, 1.165) is 6.42 Å². The van der Waals surface area contributed by atoms with E-state index >= 15 is 0 Å². The number of hydrogen-bond acceptors (Lipinski definition) is 1. The molecular formula is C20H25N. The molecule has 0 bridgehead atoms. The van der Waals surface area contributed by atoms with Gasteiger partial charge in [-0.05, 0) is 48.6 Å². The van der Waals surface area contributed by atoms with Crippen LogP contribution in [0, 0.1) is 0 Å². The Morgan fingerprint density at radius 2 is 2.00 bits per heavy atom. The van der Waals surface area contributed by atoms with Crippen LogP contribution in [0.5, 0.6) is 0 Å². The third kappa shape index (κ3) is 2.35. The van der Waals surface area contributed by atoms with Crippen LogP contribution in [-0.2, 0) is 0 Å². The lowest BCUT2D eigenvalue weighted by Gasteiger charge is -2.27. The zero-order valence-corrected chi connectivity index (χ0v) is 13.4. The van der Waals surface area contributed by atoms with Crippen LogP contribution in [0.3, 0.4) is 0 Å². The van der Waals surface area contributed by atoms with Gasteiger partial charge in [0, 0.05) is 23.3 Å². The number of anilines is 2. The number of benzene rings is 2. The van der Waals surface area contributed by atoms with Gasteiger partial charge in [-0.2, -0.15) is 0 Å². The van der Waals surface area contributed by atoms with Gasteiger partial charge in [0.1, 0.15) is 0 Å². The molecule has 0 aliphatic carbocycles. The summed E-state index contributed by atoms with van der Waals surface area (Å²) in [7, 11) is 0. The van der Waals surface area contributed by atoms with E-state index in [-0.39, 0.29) is 0 Å². The van der Waals surface area contributed by atoms with Crippen molar-refractivity contribution in [1.82, 2.24) is 0 Å². The molecule has 0 spiro atoms. The third-order valence-electron chi connectivity index (χ3n) is 5.08. The lowest BCUT2D eigenvalue weighted by atomic mass is 9.97. The summed E-state index contributed by atoms with van der Waals surface area (Å²) in [5.41, 5.74) is 5.24. The molecule has 0 fully saturated rings. The molecule has 0 saturated carbocycles. The molecule has 1 heterocycles. The van der Waals surface area contributed by atoms with Gasteiger partial charge in [0.25, 0.3) is 0 Å². The van der Waals surface area contributed by atoms with E-state index in [1.165, 1.54) is 22.5 Å². The molecule has 1 heteroatoms. The highest BCUT2D eigenvalue weighted by Crippen LogP contribution is 2.45. The Morgan fingerprint density at radius 3 is 2.76 bits per heavy atom. The normalized spacial score (nSPS) is 22.9. The monoisotopic (exact) mass is 281 g/mol. The van der Waals surface area contributed by atoms with E-state index in [1.54, 1.807) is 0 Å². The van der Waals surface area contributed by atoms with Gasteiger partial charge in [0.05, 0.1) is 1.37 Å². The summed E-state index contributed by atoms with van der Waals surface area (Å²) in [5.74, 6) is 1.04. The van der Waals surface area contributed by atoms with Crippen molar-refractivity contribution in [3.05, 3.63) is 59.6 Å². The average molecular weight is 281 g/mol. The Kier molecular flexibility index (Phi) is 3.42. The standard InChI is InChI=1S/C20H25N/c1-5-14(2)17-9-8-10-18(13-17)21-16(4)15(3)19-11-6-7-12-20(19)21/h6-16H,5H2,1-4H3/t14-,15-,16+/m1/s1/i6T. The maximum absolute atomic E-state index is 7.89. The molecule has 0 aromatic heterocycles. The van der Waals surface area contributed by atoms with Gasteiger partial charge in [-0.15, -0.1) is 0 Å². The number of para-hydroxylation sites is 1. The first-order valence-electron chi connectivity index (χ1n) is 8.52. The van der Waals surface area contributed by atoms with Crippen molar-refractivity contribution >= 4 is 11.4 Å². The molecule has 2 aromatic carbocycles. The van der Waals surface area contributed by atoms with Gasteiger partial charge < -0.3 is 4.90 Å². The summed E-state index contributed by atoms with van der Waals surface area (Å²) in [6.45, 7) is 9.07. The van der Waals surface area contributed by atoms with Crippen molar-refractivity contribution in [3.63, 3.8) is 0 Å². The van der Waals surface area contributed by atoms with E-state index in [2.05, 4.69) is 62.9 Å². The highest BCUT2D eigenvalue weighted by atomic mass is 15.2. The van der Waals surface area contributed by atoms with E-state index in [0.29, 0.717) is 23.9 Å². The van der Waals surface area contributed by atoms with Crippen LogP contribution in [0.4, 0.5) is 11.4 Å². The number of hydrogen-bond donors (Lipinski definition) is 0. The SMILES string of the molecule is [3H]c1ccc2c(c1)[C@H](C)[C@H](C)N2c1cccc([C@H](C)CC)c1. The minimum Gasteiger partial charge on any atom is -0.338 e. The van der Waals surface area contributed by atoms with Gasteiger partial charge in [-0.1, -0.05) is 51.1 Å². The lowest BCUT2D eigenvalue weighted by molar-refractivity contribution is 0.641. The van der Waals surface area contributed by atoms with Crippen LogP contribution >= 0.6 is 0 Å². The zero-order valence-electron chi connectivity index (χ0n) is 14.4. The quantitative estimate of drug-likeness (QED) is 0.682. The van der Waals surface area contributed by atoms with Crippen LogP contribution in [0.1, 0.15) is 58.4 Å². The molecule has 0 unspecified atom stereocenters. The highest BCUT2D eigenvalue weighted by Gasteiger charge is 2.33. The molecular weight excluding hydrogens is 254 g/mol. The average Bonchev–Trinajstić information content (AvgIpc) is 2.78. The first kappa shape index (κ1) is 12.9. The van der Waals surface area contributed by atoms with Crippen molar-refractivity contribution in [1.29, 1.82) is 0 Å². The van der Waals surface area contributed by atoms with Gasteiger partial charge in [0.15, 0.2) is 0 Å². The Labute approximate surface area is 130 Å². The summed E-state index contributed by atoms with van der Waals surface area (Å²) in [6.07, 6.45) is 1.16. The maximum Gasteiger partial charge on any atom is 0.0623 e. The molecule has 0 saturated heterocycles. The summed E-state index contributed by atoms with van der Waals surface area (Å²) >= 11 is 0. The van der Waals surface area contributed by atoms with E-state index in [4.69, 9.17) is 1.37 Å². The first-order chi connectivity index (χ1) is 10.5. The summed E-state index contributed by atoms with van der Waals surface area (Å²) in [6, 6.07) is 16.0. The second-order valence-corrected chi connectivity index (χ2v) is 6.29. The predicted octanol–water partition coefficient (Wildman–Crippen LogP) is 5.84. The smallest absolute Gasteiger partial charge is 0.0623 e. The van der Waals surface area contributed by atoms with Gasteiger partial charge in [-0.3, -0.25) is 0 Å². The lowest BCUT2D eigenvalue weighted by Crippen LogP contribution is -2.25. The molecule has 0 radical (unpaired) electrons. The van der Waals surface area contributed by atoms with Crippen LogP contribution in [-0.4, -0.2) is 6.04 Å². The minimum absolute atomic E-state index is 0.420. The second kappa shape index (κ2) is 5.55. The minimum atomic E-state index is 0.420. The molecule has 1 aliphatic heterocycles. The second-order valence-electron chi connectivity index (χ2n) is 6.29. The molecule has 1 nitrogen and oxygen atoms in total. The molecule has 1 aliphatic rings. The Hall–Kier alpha value is -1.76. The van der Waals surface area contributed by atoms with Crippen LogP contribution in [0.25, 0.3) is 0 Å². The van der Waals surface area contributed by atoms with E-state index in [9.17, 15) is 0 Å². The van der Waals surface area contributed by atoms with Crippen LogP contribution in [0.15, 0.2) is 48.5 Å². The first-order valence-corrected chi connectivity index (χ1v) is 8.02. The predicted molar refractivity (Wildman–Crippen MR) is 91.6 cm³/mol. The molecule has 3 rings (SSSR count). The third-order valence-corrected chi connectivity index (χ3v) is 5.08. The fraction of sp³-hybridized carbons (Fsp3) is 0.400. The van der Waals surface area contributed by atoms with Crippen LogP contribution < -0.4 is 4.90 Å². The van der Waals surface area contributed by atoms with Gasteiger partial charge in [-0.25, -0.2) is 0 Å². The molecule has 0 amide bonds. The van der Waals surface area contributed by atoms with Gasteiger partial charge in [0.2, 0.25) is 0 Å². The van der Waals surface area contributed by atoms with Crippen molar-refractivity contribution < 1.29 is 1.37 Å². The maximum atomic E-state index is 7.89. The van der Waals surface area contributed by atoms with E-state index in [1.807, 2.05) is 12.1 Å². The molecule has 2 aromatic rings. The number of nitrogens with zero attached hydrogens (tertiary/aromatic N) is 1. The largest absolute Gasteiger partial charge is 0.338 e. The highest BCUT2D eigenvalue weighted by molar-refractivity contribution is 5.72. The molecule has 110 valence electrons. The van der Waals surface area contributed by atoms with Crippen molar-refractivity contribution in [2.45, 2.75) is 52.0 Å². The number of rotatable bonds is 3. The van der Waals surface area contributed by atoms with Crippen LogP contribution in [0.2, 0.25) is 0 Å². The van der Waals surface area contributed by atoms with Crippen molar-refractivity contribution in [3.8, 4) is 0 Å². The summed E-state index contributed by atoms with van der Waals surface area (Å²) in [5, 5.41) is 0. The van der Waals surface area contributed by atoms with E-state index < -0.39 is 0 Å². The summed E-state index contributed by atoms with van der Waals surface area (Å²) in [4.78, 5) is 2.44. The zero-order chi connectivity index (χ0) is 15.9. The fourth-order valence-electron chi connectivity index (χ4n) is 3.31. The van der Waals surface area contributed by atoms with Gasteiger partial charge >= 0.3 is 0 Å². The Bertz CT molecular complexity index is 679. The topological polar surface area (TPSA) is 3.24 Å². The summed E-state index contributed by atoms with van der Waals surface area (Å²) < 4.78 is 7.89. The fourth-order valence-corrected chi connectivity index (χ4v) is 3.31. The van der Waals surface area contributed by atoms with Crippen molar-refractivity contribution in [2.24, 2.45) is 0 Å². The molecule has 21 heavy (non-hydrogen) atoms. The number of fused-ring (bicyclic) bond motifs is 1. The van der Waals surface area contributed by atoms with Crippen molar-refractivity contribution in [2.75, 3.05) is 4.90 Å². The Morgan fingerprint density at radius 1 is 1.19 bits per heavy atom.